The molecule has 0 spiro atoms. The third kappa shape index (κ3) is 6.49. The van der Waals surface area contributed by atoms with Gasteiger partial charge in [0.1, 0.15) is 11.8 Å². The van der Waals surface area contributed by atoms with Crippen LogP contribution < -0.4 is 10.5 Å². The maximum absolute atomic E-state index is 10.9. The summed E-state index contributed by atoms with van der Waals surface area (Å²) in [5.74, 6) is 0.532. The molecule has 0 aliphatic heterocycles. The molecule has 0 radical (unpaired) electrons. The molecule has 1 atom stereocenters. The number of fused-ring (bicyclic) bond motifs is 1. The third-order valence-electron chi connectivity index (χ3n) is 6.45. The van der Waals surface area contributed by atoms with E-state index in [4.69, 9.17) is 10.5 Å². The van der Waals surface area contributed by atoms with Gasteiger partial charge in [-0.15, -0.1) is 12.4 Å². The van der Waals surface area contributed by atoms with Crippen LogP contribution in [0.15, 0.2) is 78.9 Å². The second-order valence-corrected chi connectivity index (χ2v) is 9.71. The number of nitriles is 1. The van der Waals surface area contributed by atoms with Gasteiger partial charge < -0.3 is 20.7 Å². The molecule has 0 heterocycles. The van der Waals surface area contributed by atoms with Crippen LogP contribution in [0.3, 0.4) is 0 Å². The monoisotopic (exact) mass is 516 g/mol. The van der Waals surface area contributed by atoms with Crippen LogP contribution in [0.25, 0.3) is 21.9 Å². The van der Waals surface area contributed by atoms with E-state index in [2.05, 4.69) is 18.2 Å². The van der Waals surface area contributed by atoms with Crippen LogP contribution in [0.1, 0.15) is 48.6 Å². The maximum Gasteiger partial charge on any atom is 0.137 e. The molecule has 4 rings (SSSR count). The number of ether oxygens (including phenoxy) is 1. The highest BCUT2D eigenvalue weighted by molar-refractivity contribution is 5.85. The van der Waals surface area contributed by atoms with Crippen LogP contribution in [0.5, 0.6) is 5.75 Å². The van der Waals surface area contributed by atoms with Gasteiger partial charge in [0.05, 0.1) is 24.9 Å². The SMILES string of the molecule is CC(C)(N)[C@H](O)c1cc2ccccc2cc1CCCOc1ccc(-c2ccccc2CO)cc1C#N.Cl. The van der Waals surface area contributed by atoms with Crippen LogP contribution >= 0.6 is 12.4 Å². The summed E-state index contributed by atoms with van der Waals surface area (Å²) in [6, 6.07) is 27.6. The Balaban J connectivity index is 0.00000380. The molecule has 5 nitrogen and oxygen atoms in total. The van der Waals surface area contributed by atoms with Crippen molar-refractivity contribution < 1.29 is 14.9 Å². The Morgan fingerprint density at radius 3 is 2.30 bits per heavy atom. The number of aryl methyl sites for hydroxylation is 1. The van der Waals surface area contributed by atoms with Gasteiger partial charge in [0.25, 0.3) is 0 Å². The third-order valence-corrected chi connectivity index (χ3v) is 6.45. The van der Waals surface area contributed by atoms with Gasteiger partial charge in [-0.1, -0.05) is 60.7 Å². The van der Waals surface area contributed by atoms with Crippen molar-refractivity contribution in [3.63, 3.8) is 0 Å². The summed E-state index contributed by atoms with van der Waals surface area (Å²) < 4.78 is 5.99. The molecule has 0 bridgehead atoms. The summed E-state index contributed by atoms with van der Waals surface area (Å²) in [4.78, 5) is 0. The summed E-state index contributed by atoms with van der Waals surface area (Å²) in [6.07, 6.45) is 0.623. The molecular formula is C31H33ClN2O3. The van der Waals surface area contributed by atoms with E-state index in [-0.39, 0.29) is 19.0 Å². The fourth-order valence-corrected chi connectivity index (χ4v) is 4.47. The average molecular weight is 517 g/mol. The van der Waals surface area contributed by atoms with Gasteiger partial charge in [0, 0.05) is 5.54 Å². The first-order valence-electron chi connectivity index (χ1n) is 12.2. The number of rotatable bonds is 9. The summed E-state index contributed by atoms with van der Waals surface area (Å²) in [5, 5.41) is 32.5. The van der Waals surface area contributed by atoms with Crippen LogP contribution in [0, 0.1) is 11.3 Å². The standard InChI is InChI=1S/C31H32N2O3.ClH/c1-31(2,33)30(35)28-18-22-9-4-3-8-21(22)16-23(28)11-7-15-36-29-14-13-24(17-26(29)19-32)27-12-6-5-10-25(27)20-34;/h3-6,8-10,12-14,16-18,30,34-35H,7,11,15,20,33H2,1-2H3;1H/t30-;/m1./s1. The molecule has 4 N–H and O–H groups in total. The van der Waals surface area contributed by atoms with Crippen LogP contribution in [-0.4, -0.2) is 22.4 Å². The Hall–Kier alpha value is -3.40. The molecule has 6 heteroatoms. The Morgan fingerprint density at radius 1 is 0.946 bits per heavy atom. The van der Waals surface area contributed by atoms with Gasteiger partial charge >= 0.3 is 0 Å². The highest BCUT2D eigenvalue weighted by Gasteiger charge is 2.26. The smallest absolute Gasteiger partial charge is 0.137 e. The second-order valence-electron chi connectivity index (χ2n) is 9.71. The zero-order valence-corrected chi connectivity index (χ0v) is 22.0. The summed E-state index contributed by atoms with van der Waals surface area (Å²) in [7, 11) is 0. The van der Waals surface area contributed by atoms with Gasteiger partial charge in [0.2, 0.25) is 0 Å². The van der Waals surface area contributed by atoms with Crippen LogP contribution in [-0.2, 0) is 13.0 Å². The van der Waals surface area contributed by atoms with Crippen LogP contribution in [0.2, 0.25) is 0 Å². The second kappa shape index (κ2) is 12.2. The molecule has 0 aliphatic carbocycles. The van der Waals surface area contributed by atoms with Crippen molar-refractivity contribution in [1.82, 2.24) is 0 Å². The number of aliphatic hydroxyl groups is 2. The first-order valence-corrected chi connectivity index (χ1v) is 12.2. The fraction of sp³-hybridized carbons (Fsp3) is 0.258. The summed E-state index contributed by atoms with van der Waals surface area (Å²) in [5.41, 5.74) is 10.4. The molecule has 0 unspecified atom stereocenters. The first-order chi connectivity index (χ1) is 17.3. The Kier molecular flexibility index (Phi) is 9.31. The number of aliphatic hydroxyl groups excluding tert-OH is 2. The van der Waals surface area contributed by atoms with Crippen molar-refractivity contribution in [2.45, 2.75) is 44.9 Å². The molecule has 4 aromatic rings. The molecule has 0 fully saturated rings. The fourth-order valence-electron chi connectivity index (χ4n) is 4.47. The lowest BCUT2D eigenvalue weighted by atomic mass is 9.86. The lowest BCUT2D eigenvalue weighted by Crippen LogP contribution is -2.39. The molecule has 37 heavy (non-hydrogen) atoms. The molecule has 4 aromatic carbocycles. The Morgan fingerprint density at radius 2 is 1.62 bits per heavy atom. The lowest BCUT2D eigenvalue weighted by molar-refractivity contribution is 0.104. The number of halogens is 1. The zero-order chi connectivity index (χ0) is 25.7. The number of hydrogen-bond donors (Lipinski definition) is 3. The Labute approximate surface area is 224 Å². The molecule has 192 valence electrons. The van der Waals surface area contributed by atoms with Gasteiger partial charge in [-0.3, -0.25) is 0 Å². The van der Waals surface area contributed by atoms with E-state index in [0.29, 0.717) is 30.8 Å². The average Bonchev–Trinajstić information content (AvgIpc) is 2.89. The topological polar surface area (TPSA) is 99.5 Å². The van der Waals surface area contributed by atoms with E-state index < -0.39 is 11.6 Å². The van der Waals surface area contributed by atoms with E-state index in [0.717, 1.165) is 38.6 Å². The molecule has 0 aromatic heterocycles. The number of nitrogens with two attached hydrogens (primary N) is 1. The largest absolute Gasteiger partial charge is 0.492 e. The number of nitrogens with zero attached hydrogens (tertiary/aromatic N) is 1. The minimum atomic E-state index is -0.794. The van der Waals surface area contributed by atoms with Crippen molar-refractivity contribution in [3.8, 4) is 22.9 Å². The van der Waals surface area contributed by atoms with Gasteiger partial charge in [-0.2, -0.15) is 5.26 Å². The summed E-state index contributed by atoms with van der Waals surface area (Å²) in [6.45, 7) is 4.01. The molecular weight excluding hydrogens is 484 g/mol. The van der Waals surface area contributed by atoms with Crippen molar-refractivity contribution >= 4 is 23.2 Å². The quantitative estimate of drug-likeness (QED) is 0.234. The minimum Gasteiger partial charge on any atom is -0.492 e. The van der Waals surface area contributed by atoms with Crippen molar-refractivity contribution in [3.05, 3.63) is 101 Å². The zero-order valence-electron chi connectivity index (χ0n) is 21.1. The lowest BCUT2D eigenvalue weighted by Gasteiger charge is -2.28. The van der Waals surface area contributed by atoms with Gasteiger partial charge in [-0.25, -0.2) is 0 Å². The maximum atomic E-state index is 10.9. The predicted molar refractivity (Wildman–Crippen MR) is 151 cm³/mol. The van der Waals surface area contributed by atoms with E-state index in [1.807, 2.05) is 74.5 Å². The molecule has 0 amide bonds. The minimum absolute atomic E-state index is 0. The normalized spacial score (nSPS) is 12.0. The van der Waals surface area contributed by atoms with Crippen molar-refractivity contribution in [2.24, 2.45) is 5.73 Å². The van der Waals surface area contributed by atoms with E-state index in [1.54, 1.807) is 6.07 Å². The number of benzene rings is 4. The highest BCUT2D eigenvalue weighted by Crippen LogP contribution is 2.32. The highest BCUT2D eigenvalue weighted by atomic mass is 35.5. The first kappa shape index (κ1) is 28.2. The van der Waals surface area contributed by atoms with Crippen molar-refractivity contribution in [1.29, 1.82) is 5.26 Å². The Bertz CT molecular complexity index is 1410. The van der Waals surface area contributed by atoms with E-state index in [9.17, 15) is 15.5 Å². The van der Waals surface area contributed by atoms with Gasteiger partial charge in [0.15, 0.2) is 0 Å². The molecule has 0 aliphatic rings. The summed E-state index contributed by atoms with van der Waals surface area (Å²) >= 11 is 0. The molecule has 0 saturated carbocycles. The van der Waals surface area contributed by atoms with E-state index in [1.165, 1.54) is 0 Å². The van der Waals surface area contributed by atoms with Gasteiger partial charge in [-0.05, 0) is 83.5 Å². The molecule has 0 saturated heterocycles. The number of hydrogen-bond acceptors (Lipinski definition) is 5. The predicted octanol–water partition coefficient (Wildman–Crippen LogP) is 6.07. The van der Waals surface area contributed by atoms with E-state index >= 15 is 0 Å². The van der Waals surface area contributed by atoms with Crippen LogP contribution in [0.4, 0.5) is 0 Å². The van der Waals surface area contributed by atoms with Crippen molar-refractivity contribution in [2.75, 3.05) is 6.61 Å².